The second-order valence-electron chi connectivity index (χ2n) is 8.35. The number of benzene rings is 1. The van der Waals surface area contributed by atoms with E-state index < -0.39 is 5.54 Å². The maximum absolute atomic E-state index is 12.8. The molecular weight excluding hydrogens is 326 g/mol. The van der Waals surface area contributed by atoms with Crippen molar-refractivity contribution >= 4 is 5.91 Å². The van der Waals surface area contributed by atoms with Crippen molar-refractivity contribution in [3.8, 4) is 0 Å². The summed E-state index contributed by atoms with van der Waals surface area (Å²) < 4.78 is 5.73. The van der Waals surface area contributed by atoms with Gasteiger partial charge in [0.2, 0.25) is 5.91 Å². The Morgan fingerprint density at radius 2 is 1.92 bits per heavy atom. The van der Waals surface area contributed by atoms with Gasteiger partial charge in [-0.15, -0.1) is 0 Å². The van der Waals surface area contributed by atoms with E-state index in [1.54, 1.807) is 0 Å². The van der Waals surface area contributed by atoms with Gasteiger partial charge in [0.1, 0.15) is 5.54 Å². The highest BCUT2D eigenvalue weighted by Crippen LogP contribution is 2.49. The van der Waals surface area contributed by atoms with Crippen molar-refractivity contribution in [3.63, 3.8) is 0 Å². The van der Waals surface area contributed by atoms with Crippen molar-refractivity contribution in [1.29, 1.82) is 0 Å². The van der Waals surface area contributed by atoms with Crippen LogP contribution in [-0.2, 0) is 16.1 Å². The van der Waals surface area contributed by atoms with Gasteiger partial charge in [0.25, 0.3) is 0 Å². The summed E-state index contributed by atoms with van der Waals surface area (Å²) in [7, 11) is 0. The third kappa shape index (κ3) is 3.66. The van der Waals surface area contributed by atoms with Crippen molar-refractivity contribution in [2.45, 2.75) is 64.3 Å². The minimum absolute atomic E-state index is 0.0139. The number of amides is 1. The van der Waals surface area contributed by atoms with E-state index in [0.29, 0.717) is 13.0 Å². The van der Waals surface area contributed by atoms with Crippen LogP contribution in [0.5, 0.6) is 0 Å². The van der Waals surface area contributed by atoms with Crippen LogP contribution in [0.3, 0.4) is 0 Å². The lowest BCUT2D eigenvalue weighted by atomic mass is 9.54. The lowest BCUT2D eigenvalue weighted by Crippen LogP contribution is -2.76. The number of ether oxygens (including phenoxy) is 1. The van der Waals surface area contributed by atoms with Gasteiger partial charge in [-0.25, -0.2) is 0 Å². The number of nitrogens with one attached hydrogen (secondary N) is 1. The predicted molar refractivity (Wildman–Crippen MR) is 104 cm³/mol. The third-order valence-electron chi connectivity index (χ3n) is 6.41. The Kier molecular flexibility index (Phi) is 5.70. The zero-order valence-electron chi connectivity index (χ0n) is 16.3. The summed E-state index contributed by atoms with van der Waals surface area (Å²) >= 11 is 0. The molecule has 2 aliphatic rings. The fourth-order valence-corrected chi connectivity index (χ4v) is 4.21. The van der Waals surface area contributed by atoms with E-state index in [-0.39, 0.29) is 23.5 Å². The number of nitrogens with zero attached hydrogens (tertiary/aromatic N) is 1. The van der Waals surface area contributed by atoms with Crippen LogP contribution in [-0.4, -0.2) is 48.2 Å². The number of hydrogen-bond acceptors (Lipinski definition) is 4. The van der Waals surface area contributed by atoms with Crippen LogP contribution < -0.4 is 11.1 Å². The standard InChI is InChI=1S/C21H33N3O2/c1-4-26-18-14-21(22,20(18,2)3)19(25)23-17-10-12-24(13-11-17)15-16-8-6-5-7-9-16/h5-9,17-18H,4,10-15,22H2,1-3H3,(H,23,25). The molecule has 0 bridgehead atoms. The molecule has 2 unspecified atom stereocenters. The normalized spacial score (nSPS) is 29.2. The van der Waals surface area contributed by atoms with E-state index >= 15 is 0 Å². The second-order valence-corrected chi connectivity index (χ2v) is 8.35. The number of carbonyl (C=O) groups excluding carboxylic acids is 1. The summed E-state index contributed by atoms with van der Waals surface area (Å²) in [6.07, 6.45) is 2.62. The summed E-state index contributed by atoms with van der Waals surface area (Å²) in [6, 6.07) is 10.8. The van der Waals surface area contributed by atoms with Crippen molar-refractivity contribution < 1.29 is 9.53 Å². The van der Waals surface area contributed by atoms with E-state index in [1.807, 2.05) is 26.8 Å². The molecular formula is C21H33N3O2. The lowest BCUT2D eigenvalue weighted by molar-refractivity contribution is -0.171. The van der Waals surface area contributed by atoms with Crippen molar-refractivity contribution in [3.05, 3.63) is 35.9 Å². The molecule has 5 heteroatoms. The van der Waals surface area contributed by atoms with Crippen molar-refractivity contribution in [2.24, 2.45) is 11.1 Å². The van der Waals surface area contributed by atoms with Crippen molar-refractivity contribution in [1.82, 2.24) is 10.2 Å². The van der Waals surface area contributed by atoms with Crippen LogP contribution in [0.15, 0.2) is 30.3 Å². The Hall–Kier alpha value is -1.43. The minimum atomic E-state index is -0.825. The Balaban J connectivity index is 1.48. The van der Waals surface area contributed by atoms with Gasteiger partial charge in [-0.3, -0.25) is 9.69 Å². The molecule has 2 fully saturated rings. The maximum atomic E-state index is 12.8. The van der Waals surface area contributed by atoms with Gasteiger partial charge < -0.3 is 15.8 Å². The molecule has 1 aliphatic heterocycles. The predicted octanol–water partition coefficient (Wildman–Crippen LogP) is 2.30. The van der Waals surface area contributed by atoms with Crippen LogP contribution in [0.1, 0.15) is 45.6 Å². The van der Waals surface area contributed by atoms with Gasteiger partial charge in [0.05, 0.1) is 6.10 Å². The first-order chi connectivity index (χ1) is 12.4. The molecule has 1 heterocycles. The molecule has 1 aromatic carbocycles. The Morgan fingerprint density at radius 1 is 1.27 bits per heavy atom. The van der Waals surface area contributed by atoms with Gasteiger partial charge in [0, 0.05) is 44.1 Å². The summed E-state index contributed by atoms with van der Waals surface area (Å²) in [5.41, 5.74) is 6.67. The molecule has 0 aromatic heterocycles. The molecule has 0 radical (unpaired) electrons. The zero-order valence-corrected chi connectivity index (χ0v) is 16.3. The summed E-state index contributed by atoms with van der Waals surface area (Å²) in [6.45, 7) is 9.70. The third-order valence-corrected chi connectivity index (χ3v) is 6.41. The summed E-state index contributed by atoms with van der Waals surface area (Å²) in [4.78, 5) is 15.3. The molecule has 0 spiro atoms. The second kappa shape index (κ2) is 7.67. The van der Waals surface area contributed by atoms with Gasteiger partial charge in [-0.2, -0.15) is 0 Å². The zero-order chi connectivity index (χ0) is 18.8. The maximum Gasteiger partial charge on any atom is 0.241 e. The van der Waals surface area contributed by atoms with Gasteiger partial charge in [-0.05, 0) is 25.3 Å². The molecule has 3 N–H and O–H groups in total. The van der Waals surface area contributed by atoms with E-state index in [4.69, 9.17) is 10.5 Å². The minimum Gasteiger partial charge on any atom is -0.378 e. The SMILES string of the molecule is CCOC1CC(N)(C(=O)NC2CCN(Cc3ccccc3)CC2)C1(C)C. The topological polar surface area (TPSA) is 67.6 Å². The van der Waals surface area contributed by atoms with Crippen LogP contribution in [0.2, 0.25) is 0 Å². The number of hydrogen-bond donors (Lipinski definition) is 2. The highest BCUT2D eigenvalue weighted by molar-refractivity contribution is 5.89. The lowest BCUT2D eigenvalue weighted by Gasteiger charge is -2.57. The molecule has 1 saturated heterocycles. The van der Waals surface area contributed by atoms with Gasteiger partial charge in [0.15, 0.2) is 0 Å². The molecule has 5 nitrogen and oxygen atoms in total. The molecule has 2 atom stereocenters. The summed E-state index contributed by atoms with van der Waals surface area (Å²) in [5.74, 6) is -0.0139. The fourth-order valence-electron chi connectivity index (χ4n) is 4.21. The van der Waals surface area contributed by atoms with E-state index in [9.17, 15) is 4.79 Å². The molecule has 1 aliphatic carbocycles. The average molecular weight is 360 g/mol. The average Bonchev–Trinajstić information content (AvgIpc) is 2.64. The quantitative estimate of drug-likeness (QED) is 0.818. The summed E-state index contributed by atoms with van der Waals surface area (Å²) in [5, 5.41) is 3.22. The first kappa shape index (κ1) is 19.3. The highest BCUT2D eigenvalue weighted by Gasteiger charge is 2.63. The van der Waals surface area contributed by atoms with Gasteiger partial charge >= 0.3 is 0 Å². The van der Waals surface area contributed by atoms with Crippen LogP contribution >= 0.6 is 0 Å². The van der Waals surface area contributed by atoms with Gasteiger partial charge in [-0.1, -0.05) is 44.2 Å². The molecule has 1 saturated carbocycles. The van der Waals surface area contributed by atoms with E-state index in [0.717, 1.165) is 32.5 Å². The largest absolute Gasteiger partial charge is 0.378 e. The fraction of sp³-hybridized carbons (Fsp3) is 0.667. The van der Waals surface area contributed by atoms with Crippen LogP contribution in [0.25, 0.3) is 0 Å². The van der Waals surface area contributed by atoms with Crippen molar-refractivity contribution in [2.75, 3.05) is 19.7 Å². The number of piperidine rings is 1. The van der Waals surface area contributed by atoms with E-state index in [1.165, 1.54) is 5.56 Å². The Bertz CT molecular complexity index is 611. The smallest absolute Gasteiger partial charge is 0.241 e. The highest BCUT2D eigenvalue weighted by atomic mass is 16.5. The Morgan fingerprint density at radius 3 is 2.50 bits per heavy atom. The monoisotopic (exact) mass is 359 g/mol. The first-order valence-electron chi connectivity index (χ1n) is 9.84. The van der Waals surface area contributed by atoms with E-state index in [2.05, 4.69) is 34.5 Å². The molecule has 1 amide bonds. The molecule has 3 rings (SSSR count). The number of rotatable bonds is 6. The van der Waals surface area contributed by atoms with Crippen LogP contribution in [0.4, 0.5) is 0 Å². The number of nitrogens with two attached hydrogens (primary N) is 1. The molecule has 26 heavy (non-hydrogen) atoms. The Labute approximate surface area is 157 Å². The van der Waals surface area contributed by atoms with Crippen LogP contribution in [0, 0.1) is 5.41 Å². The molecule has 1 aromatic rings. The number of likely N-dealkylation sites (tertiary alicyclic amines) is 1. The number of carbonyl (C=O) groups is 1. The molecule has 144 valence electrons. The first-order valence-corrected chi connectivity index (χ1v) is 9.84.